The van der Waals surface area contributed by atoms with Gasteiger partial charge in [-0.1, -0.05) is 18.2 Å². The van der Waals surface area contributed by atoms with Gasteiger partial charge >= 0.3 is 0 Å². The first-order valence-electron chi connectivity index (χ1n) is 11.3. The third-order valence-corrected chi connectivity index (χ3v) is 6.19. The summed E-state index contributed by atoms with van der Waals surface area (Å²) in [6.07, 6.45) is 0.350. The molecule has 0 fully saturated rings. The lowest BCUT2D eigenvalue weighted by molar-refractivity contribution is -0.0191. The monoisotopic (exact) mass is 460 g/mol. The number of rotatable bonds is 7. The molecular weight excluding hydrogens is 432 g/mol. The second kappa shape index (κ2) is 9.17. The Morgan fingerprint density at radius 3 is 2.38 bits per heavy atom. The Bertz CT molecular complexity index is 1230. The number of hydrogen-bond donors (Lipinski definition) is 0. The predicted octanol–water partition coefficient (Wildman–Crippen LogP) is 5.35. The minimum atomic E-state index is -0.401. The quantitative estimate of drug-likeness (QED) is 0.474. The molecule has 0 saturated carbocycles. The summed E-state index contributed by atoms with van der Waals surface area (Å²) in [5.41, 5.74) is 4.02. The van der Waals surface area contributed by atoms with Gasteiger partial charge in [-0.15, -0.1) is 0 Å². The van der Waals surface area contributed by atoms with E-state index in [9.17, 15) is 0 Å². The summed E-state index contributed by atoms with van der Waals surface area (Å²) in [5.74, 6) is 3.61. The Morgan fingerprint density at radius 2 is 1.62 bits per heavy atom. The zero-order chi connectivity index (χ0) is 23.7. The first kappa shape index (κ1) is 21.9. The van der Waals surface area contributed by atoms with E-state index in [0.29, 0.717) is 29.6 Å². The van der Waals surface area contributed by atoms with Crippen molar-refractivity contribution in [2.45, 2.75) is 25.6 Å². The van der Waals surface area contributed by atoms with Crippen LogP contribution in [0.4, 0.5) is 0 Å². The van der Waals surface area contributed by atoms with E-state index < -0.39 is 6.23 Å². The summed E-state index contributed by atoms with van der Waals surface area (Å²) in [6, 6.07) is 20.0. The van der Waals surface area contributed by atoms with Crippen LogP contribution < -0.4 is 23.7 Å². The molecule has 0 N–H and O–H groups in total. The van der Waals surface area contributed by atoms with Crippen molar-refractivity contribution in [2.75, 3.05) is 27.9 Å². The Morgan fingerprint density at radius 1 is 0.882 bits per heavy atom. The maximum absolute atomic E-state index is 6.47. The Hall–Kier alpha value is -3.87. The van der Waals surface area contributed by atoms with Gasteiger partial charge in [0.2, 0.25) is 6.23 Å². The van der Waals surface area contributed by atoms with E-state index >= 15 is 0 Å². The van der Waals surface area contributed by atoms with Crippen molar-refractivity contribution in [2.24, 2.45) is 5.10 Å². The van der Waals surface area contributed by atoms with E-state index in [1.54, 1.807) is 21.3 Å². The molecule has 0 bridgehead atoms. The van der Waals surface area contributed by atoms with Gasteiger partial charge in [0.15, 0.2) is 23.0 Å². The largest absolute Gasteiger partial charge is 0.493 e. The molecule has 3 aromatic carbocycles. The highest BCUT2D eigenvalue weighted by Gasteiger charge is 2.41. The van der Waals surface area contributed by atoms with Gasteiger partial charge in [-0.05, 0) is 49.4 Å². The number of hydrogen-bond acceptors (Lipinski definition) is 7. The van der Waals surface area contributed by atoms with Gasteiger partial charge in [0.05, 0.1) is 39.7 Å². The number of methoxy groups -OCH3 is 3. The minimum Gasteiger partial charge on any atom is -0.493 e. The number of benzene rings is 3. The van der Waals surface area contributed by atoms with Crippen LogP contribution in [0.2, 0.25) is 0 Å². The van der Waals surface area contributed by atoms with Gasteiger partial charge < -0.3 is 23.7 Å². The average Bonchev–Trinajstić information content (AvgIpc) is 3.34. The second-order valence-electron chi connectivity index (χ2n) is 8.07. The third kappa shape index (κ3) is 3.77. The van der Waals surface area contributed by atoms with Crippen molar-refractivity contribution in [3.63, 3.8) is 0 Å². The highest BCUT2D eigenvalue weighted by molar-refractivity contribution is 6.02. The summed E-state index contributed by atoms with van der Waals surface area (Å²) in [5, 5.41) is 7.08. The molecule has 5 rings (SSSR count). The Balaban J connectivity index is 1.56. The van der Waals surface area contributed by atoms with Crippen molar-refractivity contribution in [1.29, 1.82) is 0 Å². The van der Waals surface area contributed by atoms with Crippen molar-refractivity contribution >= 4 is 5.71 Å². The minimum absolute atomic E-state index is 0.0515. The Kier molecular flexibility index (Phi) is 5.92. The van der Waals surface area contributed by atoms with Crippen LogP contribution in [-0.4, -0.2) is 38.7 Å². The zero-order valence-corrected chi connectivity index (χ0v) is 19.8. The molecule has 176 valence electrons. The van der Waals surface area contributed by atoms with Gasteiger partial charge in [-0.3, -0.25) is 0 Å². The zero-order valence-electron chi connectivity index (χ0n) is 19.8. The summed E-state index contributed by atoms with van der Waals surface area (Å²) < 4.78 is 28.7. The van der Waals surface area contributed by atoms with Crippen LogP contribution in [0.15, 0.2) is 65.8 Å². The van der Waals surface area contributed by atoms with Crippen LogP contribution in [0.1, 0.15) is 42.3 Å². The number of hydrazone groups is 1. The first-order valence-corrected chi connectivity index (χ1v) is 11.3. The van der Waals surface area contributed by atoms with Crippen molar-refractivity contribution in [1.82, 2.24) is 5.01 Å². The lowest BCUT2D eigenvalue weighted by Crippen LogP contribution is -2.33. The fraction of sp³-hybridized carbons (Fsp3) is 0.296. The van der Waals surface area contributed by atoms with Crippen molar-refractivity contribution < 1.29 is 23.7 Å². The fourth-order valence-corrected chi connectivity index (χ4v) is 4.56. The van der Waals surface area contributed by atoms with Crippen LogP contribution in [0.5, 0.6) is 28.7 Å². The normalized spacial score (nSPS) is 18.4. The molecule has 2 aliphatic heterocycles. The molecule has 2 heterocycles. The molecule has 0 amide bonds. The maximum Gasteiger partial charge on any atom is 0.214 e. The molecule has 0 aliphatic carbocycles. The van der Waals surface area contributed by atoms with Crippen LogP contribution in [0.25, 0.3) is 0 Å². The molecule has 0 saturated heterocycles. The molecule has 7 heteroatoms. The fourth-order valence-electron chi connectivity index (χ4n) is 4.56. The molecule has 0 unspecified atom stereocenters. The topological polar surface area (TPSA) is 61.8 Å². The average molecular weight is 461 g/mol. The van der Waals surface area contributed by atoms with Gasteiger partial charge in [0, 0.05) is 23.1 Å². The third-order valence-electron chi connectivity index (χ3n) is 6.19. The molecule has 0 radical (unpaired) electrons. The first-order chi connectivity index (χ1) is 16.7. The van der Waals surface area contributed by atoms with Crippen molar-refractivity contribution in [3.8, 4) is 28.7 Å². The number of para-hydroxylation sites is 1. The summed E-state index contributed by atoms with van der Waals surface area (Å²) in [6.45, 7) is 2.52. The second-order valence-corrected chi connectivity index (χ2v) is 8.07. The van der Waals surface area contributed by atoms with Crippen molar-refractivity contribution in [3.05, 3.63) is 77.4 Å². The van der Waals surface area contributed by atoms with E-state index in [4.69, 9.17) is 28.8 Å². The van der Waals surface area contributed by atoms with E-state index in [2.05, 4.69) is 6.07 Å². The maximum atomic E-state index is 6.47. The van der Waals surface area contributed by atoms with Crippen LogP contribution >= 0.6 is 0 Å². The predicted molar refractivity (Wildman–Crippen MR) is 129 cm³/mol. The number of nitrogens with zero attached hydrogens (tertiary/aromatic N) is 2. The van der Waals surface area contributed by atoms with E-state index in [1.807, 2.05) is 66.5 Å². The SMILES string of the molecule is CCOc1ccc([C@@H]2Oc3ccccc3[C@@H]3CC(c4ccc(OC)c(OC)c4)=NN32)cc1OC. The standard InChI is InChI=1S/C27H28N2O5/c1-5-33-24-13-11-18(15-26(24)32-4)27-29-21(19-8-6-7-9-22(19)34-27)16-20(28-29)17-10-12-23(30-2)25(14-17)31-3/h6-15,21,27H,5,16H2,1-4H3/t21-,27-/m0/s1. The van der Waals surface area contributed by atoms with Gasteiger partial charge in [0.1, 0.15) is 5.75 Å². The highest BCUT2D eigenvalue weighted by Crippen LogP contribution is 2.48. The molecule has 0 spiro atoms. The van der Waals surface area contributed by atoms with E-state index in [1.165, 1.54) is 0 Å². The van der Waals surface area contributed by atoms with Gasteiger partial charge in [-0.2, -0.15) is 5.10 Å². The smallest absolute Gasteiger partial charge is 0.214 e. The molecule has 2 atom stereocenters. The lowest BCUT2D eigenvalue weighted by atomic mass is 9.95. The van der Waals surface area contributed by atoms with E-state index in [-0.39, 0.29) is 6.04 Å². The van der Waals surface area contributed by atoms with E-state index in [0.717, 1.165) is 34.6 Å². The molecule has 2 aliphatic rings. The summed E-state index contributed by atoms with van der Waals surface area (Å²) in [4.78, 5) is 0. The molecule has 0 aromatic heterocycles. The summed E-state index contributed by atoms with van der Waals surface area (Å²) >= 11 is 0. The van der Waals surface area contributed by atoms with Gasteiger partial charge in [0.25, 0.3) is 0 Å². The Labute approximate surface area is 199 Å². The lowest BCUT2D eigenvalue weighted by Gasteiger charge is -2.38. The number of ether oxygens (including phenoxy) is 5. The summed E-state index contributed by atoms with van der Waals surface area (Å²) in [7, 11) is 4.92. The van der Waals surface area contributed by atoms with Crippen LogP contribution in [-0.2, 0) is 0 Å². The van der Waals surface area contributed by atoms with Crippen LogP contribution in [0, 0.1) is 0 Å². The molecule has 7 nitrogen and oxygen atoms in total. The highest BCUT2D eigenvalue weighted by atomic mass is 16.5. The van der Waals surface area contributed by atoms with Gasteiger partial charge in [-0.25, -0.2) is 5.01 Å². The molecule has 3 aromatic rings. The van der Waals surface area contributed by atoms with Crippen LogP contribution in [0.3, 0.4) is 0 Å². The molecule has 34 heavy (non-hydrogen) atoms. The molecular formula is C27H28N2O5. The number of fused-ring (bicyclic) bond motifs is 3.